The normalized spacial score (nSPS) is 16.4. The lowest BCUT2D eigenvalue weighted by atomic mass is 9.89. The molecule has 1 unspecified atom stereocenters. The number of halogens is 1. The number of allylic oxidation sites excluding steroid dienone is 1. The molecule has 0 radical (unpaired) electrons. The van der Waals surface area contributed by atoms with Crippen LogP contribution in [0.3, 0.4) is 0 Å². The van der Waals surface area contributed by atoms with Gasteiger partial charge in [0, 0.05) is 10.4 Å². The molecule has 1 heteroatoms. The highest BCUT2D eigenvalue weighted by Gasteiger charge is 2.20. The first-order chi connectivity index (χ1) is 10.2. The van der Waals surface area contributed by atoms with Gasteiger partial charge >= 0.3 is 0 Å². The Bertz CT molecular complexity index is 874. The molecule has 0 fully saturated rings. The zero-order valence-corrected chi connectivity index (χ0v) is 13.4. The van der Waals surface area contributed by atoms with Crippen LogP contribution in [-0.2, 0) is 0 Å². The van der Waals surface area contributed by atoms with Crippen LogP contribution in [0, 0.1) is 6.92 Å². The van der Waals surface area contributed by atoms with E-state index in [-0.39, 0.29) is 0 Å². The summed E-state index contributed by atoms with van der Waals surface area (Å²) in [5, 5.41) is 2.63. The Hall–Kier alpha value is -1.86. The van der Waals surface area contributed by atoms with Gasteiger partial charge in [0.1, 0.15) is 0 Å². The van der Waals surface area contributed by atoms with E-state index >= 15 is 0 Å². The van der Waals surface area contributed by atoms with Crippen LogP contribution in [-0.4, -0.2) is 0 Å². The standard InChI is InChI=1S/C20H15Br/c1-13-6-8-18-17(10-11-20(21)19(18)12-13)16-9-7-14-4-2-3-5-15(14)16/h2-12,16H,1H3. The van der Waals surface area contributed by atoms with Crippen LogP contribution in [0.25, 0.3) is 16.8 Å². The van der Waals surface area contributed by atoms with Gasteiger partial charge in [0.25, 0.3) is 0 Å². The smallest absolute Gasteiger partial charge is 0.0284 e. The largest absolute Gasteiger partial charge is 0.0720 e. The molecule has 1 aliphatic rings. The minimum Gasteiger partial charge on any atom is -0.0720 e. The minimum absolute atomic E-state index is 0.361. The third-order valence-corrected chi connectivity index (χ3v) is 4.98. The molecule has 0 amide bonds. The van der Waals surface area contributed by atoms with Crippen molar-refractivity contribution < 1.29 is 0 Å². The fourth-order valence-electron chi connectivity index (χ4n) is 3.24. The van der Waals surface area contributed by atoms with Gasteiger partial charge in [-0.2, -0.15) is 0 Å². The Morgan fingerprint density at radius 3 is 2.62 bits per heavy atom. The highest BCUT2D eigenvalue weighted by molar-refractivity contribution is 9.10. The Morgan fingerprint density at radius 1 is 0.857 bits per heavy atom. The van der Waals surface area contributed by atoms with Gasteiger partial charge < -0.3 is 0 Å². The topological polar surface area (TPSA) is 0 Å². The van der Waals surface area contributed by atoms with Gasteiger partial charge in [0.05, 0.1) is 0 Å². The summed E-state index contributed by atoms with van der Waals surface area (Å²) in [7, 11) is 0. The van der Waals surface area contributed by atoms with E-state index in [1.54, 1.807) is 0 Å². The summed E-state index contributed by atoms with van der Waals surface area (Å²) in [5.41, 5.74) is 5.42. The van der Waals surface area contributed by atoms with Gasteiger partial charge in [-0.3, -0.25) is 0 Å². The van der Waals surface area contributed by atoms with Gasteiger partial charge in [-0.25, -0.2) is 0 Å². The average molecular weight is 335 g/mol. The summed E-state index contributed by atoms with van der Waals surface area (Å²) in [6.07, 6.45) is 4.55. The second kappa shape index (κ2) is 4.85. The first kappa shape index (κ1) is 12.8. The number of aryl methyl sites for hydroxylation is 1. The van der Waals surface area contributed by atoms with Crippen LogP contribution in [0.1, 0.15) is 28.2 Å². The molecule has 102 valence electrons. The summed E-state index contributed by atoms with van der Waals surface area (Å²) in [5.74, 6) is 0.361. The highest BCUT2D eigenvalue weighted by Crippen LogP contribution is 2.40. The van der Waals surface area contributed by atoms with Crippen molar-refractivity contribution in [3.05, 3.63) is 87.4 Å². The number of hydrogen-bond donors (Lipinski definition) is 0. The quantitative estimate of drug-likeness (QED) is 0.506. The van der Waals surface area contributed by atoms with Crippen molar-refractivity contribution in [3.8, 4) is 0 Å². The maximum absolute atomic E-state index is 3.69. The predicted octanol–water partition coefficient (Wildman–Crippen LogP) is 6.07. The molecule has 1 atom stereocenters. The maximum atomic E-state index is 3.69. The minimum atomic E-state index is 0.361. The Kier molecular flexibility index (Phi) is 2.97. The van der Waals surface area contributed by atoms with Gasteiger partial charge in [-0.15, -0.1) is 0 Å². The highest BCUT2D eigenvalue weighted by atomic mass is 79.9. The van der Waals surface area contributed by atoms with Crippen molar-refractivity contribution in [2.45, 2.75) is 12.8 Å². The van der Waals surface area contributed by atoms with Crippen molar-refractivity contribution in [3.63, 3.8) is 0 Å². The number of rotatable bonds is 1. The molecule has 4 rings (SSSR count). The fraction of sp³-hybridized carbons (Fsp3) is 0.100. The van der Waals surface area contributed by atoms with E-state index in [1.807, 2.05) is 0 Å². The molecule has 3 aromatic rings. The Balaban J connectivity index is 1.97. The zero-order valence-electron chi connectivity index (χ0n) is 11.8. The molecule has 0 aliphatic heterocycles. The number of benzene rings is 3. The van der Waals surface area contributed by atoms with E-state index in [1.165, 1.54) is 37.5 Å². The van der Waals surface area contributed by atoms with Crippen LogP contribution in [0.4, 0.5) is 0 Å². The van der Waals surface area contributed by atoms with Crippen molar-refractivity contribution in [1.82, 2.24) is 0 Å². The molecule has 21 heavy (non-hydrogen) atoms. The van der Waals surface area contributed by atoms with E-state index in [4.69, 9.17) is 0 Å². The first-order valence-corrected chi connectivity index (χ1v) is 7.99. The number of fused-ring (bicyclic) bond motifs is 2. The van der Waals surface area contributed by atoms with Crippen LogP contribution in [0.2, 0.25) is 0 Å². The summed E-state index contributed by atoms with van der Waals surface area (Å²) >= 11 is 3.69. The molecule has 3 aromatic carbocycles. The lowest BCUT2D eigenvalue weighted by Gasteiger charge is -2.15. The van der Waals surface area contributed by atoms with Crippen molar-refractivity contribution in [1.29, 1.82) is 0 Å². The van der Waals surface area contributed by atoms with E-state index in [0.29, 0.717) is 5.92 Å². The molecule has 0 bridgehead atoms. The molecular weight excluding hydrogens is 320 g/mol. The maximum Gasteiger partial charge on any atom is 0.0284 e. The molecule has 0 saturated carbocycles. The second-order valence-electron chi connectivity index (χ2n) is 5.65. The molecule has 0 N–H and O–H groups in total. The molecule has 0 saturated heterocycles. The molecule has 0 nitrogen and oxygen atoms in total. The lowest BCUT2D eigenvalue weighted by molar-refractivity contribution is 1.06. The summed E-state index contributed by atoms with van der Waals surface area (Å²) in [6, 6.07) is 19.8. The van der Waals surface area contributed by atoms with Crippen molar-refractivity contribution in [2.24, 2.45) is 0 Å². The Morgan fingerprint density at radius 2 is 1.71 bits per heavy atom. The predicted molar refractivity (Wildman–Crippen MR) is 93.7 cm³/mol. The fourth-order valence-corrected chi connectivity index (χ4v) is 3.70. The van der Waals surface area contributed by atoms with E-state index in [0.717, 1.165) is 0 Å². The van der Waals surface area contributed by atoms with Crippen molar-refractivity contribution >= 4 is 32.8 Å². The monoisotopic (exact) mass is 334 g/mol. The number of hydrogen-bond acceptors (Lipinski definition) is 0. The lowest BCUT2D eigenvalue weighted by Crippen LogP contribution is -1.97. The average Bonchev–Trinajstić information content (AvgIpc) is 2.92. The van der Waals surface area contributed by atoms with Crippen molar-refractivity contribution in [2.75, 3.05) is 0 Å². The van der Waals surface area contributed by atoms with E-state index in [9.17, 15) is 0 Å². The third kappa shape index (κ3) is 2.04. The van der Waals surface area contributed by atoms with Crippen LogP contribution >= 0.6 is 15.9 Å². The molecule has 0 spiro atoms. The first-order valence-electron chi connectivity index (χ1n) is 7.20. The molecular formula is C20H15Br. The van der Waals surface area contributed by atoms with Gasteiger partial charge in [0.15, 0.2) is 0 Å². The summed E-state index contributed by atoms with van der Waals surface area (Å²) in [4.78, 5) is 0. The van der Waals surface area contributed by atoms with Gasteiger partial charge in [-0.05, 0) is 40.5 Å². The van der Waals surface area contributed by atoms with Gasteiger partial charge in [0.2, 0.25) is 0 Å². The van der Waals surface area contributed by atoms with Crippen LogP contribution < -0.4 is 0 Å². The third-order valence-electron chi connectivity index (χ3n) is 4.29. The van der Waals surface area contributed by atoms with E-state index in [2.05, 4.69) is 89.6 Å². The SMILES string of the molecule is Cc1ccc2c(C3C=Cc4ccccc43)ccc(Br)c2c1. The molecule has 0 heterocycles. The summed E-state index contributed by atoms with van der Waals surface area (Å²) < 4.78 is 1.17. The Labute approximate surface area is 133 Å². The molecule has 1 aliphatic carbocycles. The van der Waals surface area contributed by atoms with Crippen LogP contribution in [0.15, 0.2) is 65.1 Å². The van der Waals surface area contributed by atoms with Crippen LogP contribution in [0.5, 0.6) is 0 Å². The summed E-state index contributed by atoms with van der Waals surface area (Å²) in [6.45, 7) is 2.14. The second-order valence-corrected chi connectivity index (χ2v) is 6.51. The molecule has 0 aromatic heterocycles. The zero-order chi connectivity index (χ0) is 14.4. The van der Waals surface area contributed by atoms with E-state index < -0.39 is 0 Å². The van der Waals surface area contributed by atoms with Gasteiger partial charge in [-0.1, -0.05) is 82.2 Å².